The summed E-state index contributed by atoms with van der Waals surface area (Å²) in [6.07, 6.45) is 0. The van der Waals surface area contributed by atoms with Crippen molar-refractivity contribution in [2.75, 3.05) is 13.1 Å². The maximum atomic E-state index is 9.73. The molecule has 0 aromatic rings. The van der Waals surface area contributed by atoms with E-state index in [0.29, 0.717) is 0 Å². The summed E-state index contributed by atoms with van der Waals surface area (Å²) in [5, 5.41) is 18.1. The van der Waals surface area contributed by atoms with E-state index in [1.807, 2.05) is 0 Å². The summed E-state index contributed by atoms with van der Waals surface area (Å²) in [5.41, 5.74) is 0. The smallest absolute Gasteiger partial charge is 0.317 e. The van der Waals surface area contributed by atoms with Crippen molar-refractivity contribution in [3.05, 3.63) is 0 Å². The topological polar surface area (TPSA) is 139 Å². The largest absolute Gasteiger partial charge is 0.480 e. The van der Waals surface area contributed by atoms with Crippen molar-refractivity contribution < 1.29 is 19.8 Å². The third kappa shape index (κ3) is 17.7. The number of carboxylic acid groups (broad SMARTS) is 2. The van der Waals surface area contributed by atoms with Crippen LogP contribution in [0.1, 0.15) is 0 Å². The molecule has 0 fully saturated rings. The summed E-state index contributed by atoms with van der Waals surface area (Å²) < 4.78 is 0. The average molecular weight is 165 g/mol. The van der Waals surface area contributed by atoms with Gasteiger partial charge in [-0.3, -0.25) is 26.6 Å². The molecule has 7 N–H and O–H groups in total. The van der Waals surface area contributed by atoms with Crippen LogP contribution in [0.15, 0.2) is 0 Å². The number of aliphatic carboxylic acids is 2. The maximum Gasteiger partial charge on any atom is 0.317 e. The molecular formula is C4H11N3O4. The minimum atomic E-state index is -1.06. The average Bonchev–Trinajstić information content (AvgIpc) is 1.90. The van der Waals surface area contributed by atoms with Gasteiger partial charge in [-0.2, -0.15) is 0 Å². The highest BCUT2D eigenvalue weighted by molar-refractivity contribution is 5.72. The highest BCUT2D eigenvalue weighted by atomic mass is 16.4. The zero-order valence-corrected chi connectivity index (χ0v) is 5.78. The Kier molecular flexibility index (Phi) is 10.0. The highest BCUT2D eigenvalue weighted by Crippen LogP contribution is 1.61. The Bertz CT molecular complexity index is 113. The Balaban J connectivity index is 0. The molecule has 7 nitrogen and oxygen atoms in total. The molecule has 0 amide bonds. The second kappa shape index (κ2) is 8.82. The van der Waals surface area contributed by atoms with E-state index < -0.39 is 11.9 Å². The van der Waals surface area contributed by atoms with E-state index in [9.17, 15) is 9.59 Å². The minimum absolute atomic E-state index is 0.313. The standard InChI is InChI=1S/C4H7NO4.H4N2/c6-3(7)1-5-2-4(8)9;1-2/h5H,1-2H2,(H,6,7)(H,8,9);1-2H2. The Hall–Kier alpha value is -1.18. The van der Waals surface area contributed by atoms with Crippen molar-refractivity contribution in [3.63, 3.8) is 0 Å². The van der Waals surface area contributed by atoms with Gasteiger partial charge in [0, 0.05) is 0 Å². The van der Waals surface area contributed by atoms with Gasteiger partial charge in [-0.05, 0) is 0 Å². The lowest BCUT2D eigenvalue weighted by Gasteiger charge is -1.93. The van der Waals surface area contributed by atoms with Crippen LogP contribution >= 0.6 is 0 Å². The first-order valence-electron chi connectivity index (χ1n) is 2.60. The summed E-state index contributed by atoms with van der Waals surface area (Å²) in [5.74, 6) is 5.88. The van der Waals surface area contributed by atoms with Crippen LogP contribution in [0, 0.1) is 0 Å². The van der Waals surface area contributed by atoms with E-state index in [0.717, 1.165) is 0 Å². The Morgan fingerprint density at radius 3 is 1.55 bits per heavy atom. The van der Waals surface area contributed by atoms with Gasteiger partial charge in [-0.15, -0.1) is 0 Å². The van der Waals surface area contributed by atoms with Gasteiger partial charge in [-0.1, -0.05) is 0 Å². The fraction of sp³-hybridized carbons (Fsp3) is 0.500. The van der Waals surface area contributed by atoms with Gasteiger partial charge < -0.3 is 10.2 Å². The third-order valence-electron chi connectivity index (χ3n) is 0.552. The van der Waals surface area contributed by atoms with Gasteiger partial charge in [-0.25, -0.2) is 0 Å². The first-order chi connectivity index (χ1) is 5.13. The van der Waals surface area contributed by atoms with Gasteiger partial charge in [0.2, 0.25) is 0 Å². The van der Waals surface area contributed by atoms with E-state index >= 15 is 0 Å². The van der Waals surface area contributed by atoms with Crippen LogP contribution in [0.5, 0.6) is 0 Å². The fourth-order valence-electron chi connectivity index (χ4n) is 0.276. The number of nitrogens with one attached hydrogen (secondary N) is 1. The predicted octanol–water partition coefficient (Wildman–Crippen LogP) is -2.44. The maximum absolute atomic E-state index is 9.73. The Morgan fingerprint density at radius 1 is 1.09 bits per heavy atom. The molecule has 0 spiro atoms. The summed E-state index contributed by atoms with van der Waals surface area (Å²) in [7, 11) is 0. The molecule has 0 saturated carbocycles. The monoisotopic (exact) mass is 165 g/mol. The molecule has 0 aliphatic rings. The normalized spacial score (nSPS) is 7.82. The summed E-state index contributed by atoms with van der Waals surface area (Å²) in [6, 6.07) is 0. The van der Waals surface area contributed by atoms with Crippen molar-refractivity contribution in [2.45, 2.75) is 0 Å². The van der Waals surface area contributed by atoms with E-state index in [4.69, 9.17) is 10.2 Å². The van der Waals surface area contributed by atoms with Gasteiger partial charge in [0.05, 0.1) is 13.1 Å². The highest BCUT2D eigenvalue weighted by Gasteiger charge is 1.97. The van der Waals surface area contributed by atoms with E-state index in [1.165, 1.54) is 0 Å². The summed E-state index contributed by atoms with van der Waals surface area (Å²) in [4.78, 5) is 19.5. The van der Waals surface area contributed by atoms with Crippen molar-refractivity contribution in [3.8, 4) is 0 Å². The third-order valence-corrected chi connectivity index (χ3v) is 0.552. The first kappa shape index (κ1) is 12.5. The number of carboxylic acids is 2. The molecular weight excluding hydrogens is 154 g/mol. The Labute approximate surface area is 63.0 Å². The Morgan fingerprint density at radius 2 is 1.36 bits per heavy atom. The van der Waals surface area contributed by atoms with Crippen LogP contribution in [0.4, 0.5) is 0 Å². The number of rotatable bonds is 4. The molecule has 0 atom stereocenters. The molecule has 0 unspecified atom stereocenters. The van der Waals surface area contributed by atoms with Crippen LogP contribution in [-0.4, -0.2) is 35.2 Å². The molecule has 0 bridgehead atoms. The first-order valence-corrected chi connectivity index (χ1v) is 2.60. The van der Waals surface area contributed by atoms with Crippen LogP contribution in [0.3, 0.4) is 0 Å². The number of nitrogens with two attached hydrogens (primary N) is 2. The van der Waals surface area contributed by atoms with E-state index in [-0.39, 0.29) is 13.1 Å². The molecule has 0 aliphatic heterocycles. The van der Waals surface area contributed by atoms with Gasteiger partial charge >= 0.3 is 11.9 Å². The van der Waals surface area contributed by atoms with Crippen molar-refractivity contribution in [1.29, 1.82) is 0 Å². The fourth-order valence-corrected chi connectivity index (χ4v) is 0.276. The van der Waals surface area contributed by atoms with Gasteiger partial charge in [0.1, 0.15) is 0 Å². The van der Waals surface area contributed by atoms with Crippen LogP contribution in [0.2, 0.25) is 0 Å². The summed E-state index contributed by atoms with van der Waals surface area (Å²) >= 11 is 0. The lowest BCUT2D eigenvalue weighted by Crippen LogP contribution is -2.27. The molecule has 0 heterocycles. The van der Waals surface area contributed by atoms with Crippen molar-refractivity contribution in [2.24, 2.45) is 11.7 Å². The number of hydrogen-bond acceptors (Lipinski definition) is 5. The zero-order valence-electron chi connectivity index (χ0n) is 5.78. The predicted molar refractivity (Wildman–Crippen MR) is 36.5 cm³/mol. The van der Waals surface area contributed by atoms with Gasteiger partial charge in [0.15, 0.2) is 0 Å². The molecule has 66 valence electrons. The van der Waals surface area contributed by atoms with Crippen LogP contribution < -0.4 is 17.0 Å². The SMILES string of the molecule is NN.O=C(O)CNCC(=O)O. The second-order valence-corrected chi connectivity index (χ2v) is 1.39. The van der Waals surface area contributed by atoms with Crippen molar-refractivity contribution >= 4 is 11.9 Å². The lowest BCUT2D eigenvalue weighted by molar-refractivity contribution is -0.137. The molecule has 0 rings (SSSR count). The zero-order chi connectivity index (χ0) is 9.28. The van der Waals surface area contributed by atoms with E-state index in [2.05, 4.69) is 17.0 Å². The lowest BCUT2D eigenvalue weighted by atomic mass is 10.6. The van der Waals surface area contributed by atoms with Crippen molar-refractivity contribution in [1.82, 2.24) is 5.32 Å². The number of hydrogen-bond donors (Lipinski definition) is 5. The molecule has 0 radical (unpaired) electrons. The molecule has 0 aromatic carbocycles. The minimum Gasteiger partial charge on any atom is -0.480 e. The molecule has 0 aromatic heterocycles. The second-order valence-electron chi connectivity index (χ2n) is 1.39. The molecule has 11 heavy (non-hydrogen) atoms. The number of hydrazine groups is 1. The van der Waals surface area contributed by atoms with Crippen LogP contribution in [-0.2, 0) is 9.59 Å². The quantitative estimate of drug-likeness (QED) is 0.230. The molecule has 7 heteroatoms. The van der Waals surface area contributed by atoms with Crippen LogP contribution in [0.25, 0.3) is 0 Å². The summed E-state index contributed by atoms with van der Waals surface area (Å²) in [6.45, 7) is -0.626. The van der Waals surface area contributed by atoms with E-state index in [1.54, 1.807) is 0 Å². The molecule has 0 aliphatic carbocycles. The number of carbonyl (C=O) groups is 2. The molecule has 0 saturated heterocycles. The van der Waals surface area contributed by atoms with Gasteiger partial charge in [0.25, 0.3) is 0 Å².